The Morgan fingerprint density at radius 3 is 2.61 bits per heavy atom. The van der Waals surface area contributed by atoms with E-state index in [1.54, 1.807) is 12.1 Å². The zero-order chi connectivity index (χ0) is 15.1. The predicted octanol–water partition coefficient (Wildman–Crippen LogP) is 4.57. The highest BCUT2D eigenvalue weighted by Gasteiger charge is 2.21. The van der Waals surface area contributed by atoms with Crippen LogP contribution < -0.4 is 0 Å². The molecular weight excluding hydrogens is 311 g/mol. The van der Waals surface area contributed by atoms with Gasteiger partial charge in [-0.2, -0.15) is 0 Å². The first kappa shape index (κ1) is 16.0. The van der Waals surface area contributed by atoms with Gasteiger partial charge in [0.15, 0.2) is 0 Å². The molecule has 23 heavy (non-hydrogen) atoms. The molecule has 0 saturated heterocycles. The smallest absolute Gasteiger partial charge is 0.123 e. The van der Waals surface area contributed by atoms with Gasteiger partial charge in [0.25, 0.3) is 0 Å². The molecule has 2 aromatic carbocycles. The zero-order valence-corrected chi connectivity index (χ0v) is 13.9. The Morgan fingerprint density at radius 1 is 1.04 bits per heavy atom. The van der Waals surface area contributed by atoms with Crippen LogP contribution in [0.25, 0.3) is 16.6 Å². The van der Waals surface area contributed by atoms with Crippen molar-refractivity contribution in [2.24, 2.45) is 0 Å². The van der Waals surface area contributed by atoms with Gasteiger partial charge in [0.05, 0.1) is 5.52 Å². The van der Waals surface area contributed by atoms with Crippen molar-refractivity contribution in [2.75, 3.05) is 13.6 Å². The molecule has 0 unspecified atom stereocenters. The summed E-state index contributed by atoms with van der Waals surface area (Å²) in [5, 5.41) is 1.05. The van der Waals surface area contributed by atoms with E-state index in [4.69, 9.17) is 0 Å². The van der Waals surface area contributed by atoms with Crippen LogP contribution in [0.4, 0.5) is 4.39 Å². The molecule has 1 aromatic heterocycles. The normalized spacial score (nSPS) is 15.0. The van der Waals surface area contributed by atoms with Crippen molar-refractivity contribution in [3.05, 3.63) is 65.6 Å². The van der Waals surface area contributed by atoms with E-state index in [9.17, 15) is 4.39 Å². The average molecular weight is 331 g/mol. The van der Waals surface area contributed by atoms with E-state index in [0.717, 1.165) is 42.5 Å². The summed E-state index contributed by atoms with van der Waals surface area (Å²) in [6.45, 7) is 1.97. The van der Waals surface area contributed by atoms with Gasteiger partial charge in [0, 0.05) is 23.3 Å². The summed E-state index contributed by atoms with van der Waals surface area (Å²) >= 11 is 0. The Hall–Kier alpha value is -1.84. The molecule has 0 aliphatic carbocycles. The lowest BCUT2D eigenvalue weighted by Crippen LogP contribution is -2.17. The molecule has 0 saturated carbocycles. The summed E-state index contributed by atoms with van der Waals surface area (Å²) in [4.78, 5) is 2.32. The maximum absolute atomic E-state index is 13.8. The Balaban J connectivity index is 0.00000156. The van der Waals surface area contributed by atoms with Crippen LogP contribution in [-0.2, 0) is 13.0 Å². The molecule has 0 atom stereocenters. The lowest BCUT2D eigenvalue weighted by molar-refractivity contribution is 0.333. The summed E-state index contributed by atoms with van der Waals surface area (Å²) in [5.41, 5.74) is 4.87. The average Bonchev–Trinajstić information content (AvgIpc) is 2.68. The number of nitrogens with zero attached hydrogens (tertiary/aromatic N) is 2. The van der Waals surface area contributed by atoms with Gasteiger partial charge in [-0.05, 0) is 62.3 Å². The maximum Gasteiger partial charge on any atom is 0.123 e. The van der Waals surface area contributed by atoms with Crippen molar-refractivity contribution >= 4 is 23.3 Å². The number of rotatable bonds is 1. The van der Waals surface area contributed by atoms with Crippen molar-refractivity contribution in [2.45, 2.75) is 19.4 Å². The van der Waals surface area contributed by atoms with Crippen LogP contribution in [-0.4, -0.2) is 23.1 Å². The summed E-state index contributed by atoms with van der Waals surface area (Å²) in [5.74, 6) is -0.160. The van der Waals surface area contributed by atoms with Crippen molar-refractivity contribution in [1.82, 2.24) is 9.47 Å². The number of benzene rings is 2. The third-order valence-corrected chi connectivity index (χ3v) is 4.54. The highest BCUT2D eigenvalue weighted by molar-refractivity contribution is 5.87. The van der Waals surface area contributed by atoms with E-state index < -0.39 is 0 Å². The van der Waals surface area contributed by atoms with Gasteiger partial charge in [-0.1, -0.05) is 18.2 Å². The fourth-order valence-corrected chi connectivity index (χ4v) is 3.56. The third-order valence-electron chi connectivity index (χ3n) is 4.54. The number of hydrogen-bond acceptors (Lipinski definition) is 1. The quantitative estimate of drug-likeness (QED) is 0.634. The lowest BCUT2D eigenvalue weighted by atomic mass is 10.1. The molecule has 1 aliphatic rings. The molecule has 2 heterocycles. The topological polar surface area (TPSA) is 8.17 Å². The van der Waals surface area contributed by atoms with Crippen LogP contribution >= 0.6 is 12.4 Å². The Morgan fingerprint density at radius 2 is 1.83 bits per heavy atom. The largest absolute Gasteiger partial charge is 0.313 e. The SMILES string of the molecule is CN1CCCc2c(c3cc(F)ccc3n2-c2ccccc2)C1.Cl. The molecule has 4 rings (SSSR count). The van der Waals surface area contributed by atoms with Crippen LogP contribution in [0.2, 0.25) is 0 Å². The van der Waals surface area contributed by atoms with Crippen molar-refractivity contribution < 1.29 is 4.39 Å². The third kappa shape index (κ3) is 2.75. The molecule has 0 N–H and O–H groups in total. The van der Waals surface area contributed by atoms with E-state index in [0.29, 0.717) is 0 Å². The molecule has 0 amide bonds. The minimum Gasteiger partial charge on any atom is -0.313 e. The second-order valence-corrected chi connectivity index (χ2v) is 6.10. The van der Waals surface area contributed by atoms with Crippen molar-refractivity contribution in [3.63, 3.8) is 0 Å². The van der Waals surface area contributed by atoms with Gasteiger partial charge >= 0.3 is 0 Å². The summed E-state index contributed by atoms with van der Waals surface area (Å²) in [6, 6.07) is 15.5. The van der Waals surface area contributed by atoms with Crippen molar-refractivity contribution in [1.29, 1.82) is 0 Å². The van der Waals surface area contributed by atoms with Gasteiger partial charge in [0.2, 0.25) is 0 Å². The van der Waals surface area contributed by atoms with Crippen LogP contribution in [0.5, 0.6) is 0 Å². The van der Waals surface area contributed by atoms with Crippen LogP contribution in [0, 0.1) is 5.82 Å². The van der Waals surface area contributed by atoms with Gasteiger partial charge in [-0.3, -0.25) is 0 Å². The molecule has 0 fully saturated rings. The van der Waals surface area contributed by atoms with E-state index in [1.165, 1.54) is 11.3 Å². The molecule has 0 spiro atoms. The Kier molecular flexibility index (Phi) is 4.42. The van der Waals surface area contributed by atoms with E-state index >= 15 is 0 Å². The number of para-hydroxylation sites is 1. The van der Waals surface area contributed by atoms with E-state index in [1.807, 2.05) is 12.1 Å². The molecule has 0 radical (unpaired) electrons. The molecule has 4 heteroatoms. The predicted molar refractivity (Wildman–Crippen MR) is 95.1 cm³/mol. The molecule has 1 aliphatic heterocycles. The minimum absolute atomic E-state index is 0. The van der Waals surface area contributed by atoms with Crippen LogP contribution in [0.3, 0.4) is 0 Å². The number of aromatic nitrogens is 1. The maximum atomic E-state index is 13.8. The van der Waals surface area contributed by atoms with Gasteiger partial charge in [0.1, 0.15) is 5.82 Å². The van der Waals surface area contributed by atoms with Crippen molar-refractivity contribution in [3.8, 4) is 5.69 Å². The number of fused-ring (bicyclic) bond motifs is 3. The zero-order valence-electron chi connectivity index (χ0n) is 13.1. The van der Waals surface area contributed by atoms with E-state index in [2.05, 4.69) is 40.8 Å². The first-order valence-corrected chi connectivity index (χ1v) is 7.80. The Bertz CT molecular complexity index is 826. The highest BCUT2D eigenvalue weighted by Crippen LogP contribution is 2.33. The second-order valence-electron chi connectivity index (χ2n) is 6.10. The summed E-state index contributed by atoms with van der Waals surface area (Å²) in [6.07, 6.45) is 2.17. The van der Waals surface area contributed by atoms with Gasteiger partial charge < -0.3 is 9.47 Å². The fourth-order valence-electron chi connectivity index (χ4n) is 3.56. The standard InChI is InChI=1S/C19H19FN2.ClH/c1-21-11-5-8-18-17(13-21)16-12-14(20)9-10-19(16)22(18)15-6-3-2-4-7-15;/h2-4,6-7,9-10,12H,5,8,11,13H2,1H3;1H. The minimum atomic E-state index is -0.160. The fraction of sp³-hybridized carbons (Fsp3) is 0.263. The summed E-state index contributed by atoms with van der Waals surface area (Å²) in [7, 11) is 2.14. The van der Waals surface area contributed by atoms with E-state index in [-0.39, 0.29) is 18.2 Å². The van der Waals surface area contributed by atoms with Gasteiger partial charge in [-0.15, -0.1) is 12.4 Å². The first-order valence-electron chi connectivity index (χ1n) is 7.80. The summed E-state index contributed by atoms with van der Waals surface area (Å²) < 4.78 is 16.1. The number of halogens is 2. The highest BCUT2D eigenvalue weighted by atomic mass is 35.5. The monoisotopic (exact) mass is 330 g/mol. The molecule has 120 valence electrons. The lowest BCUT2D eigenvalue weighted by Gasteiger charge is -2.12. The molecule has 0 bridgehead atoms. The van der Waals surface area contributed by atoms with Gasteiger partial charge in [-0.25, -0.2) is 4.39 Å². The molecule has 3 aromatic rings. The Labute approximate surface area is 141 Å². The molecular formula is C19H20ClFN2. The first-order chi connectivity index (χ1) is 10.7. The second kappa shape index (κ2) is 6.34. The molecule has 2 nitrogen and oxygen atoms in total. The number of hydrogen-bond donors (Lipinski definition) is 0. The van der Waals surface area contributed by atoms with Crippen LogP contribution in [0.1, 0.15) is 17.7 Å². The van der Waals surface area contributed by atoms with Crippen LogP contribution in [0.15, 0.2) is 48.5 Å².